The number of fused-ring (bicyclic) bond motifs is 2. The number of nitrogens with one attached hydrogen (secondary N) is 3. The maximum atomic E-state index is 13.3. The van der Waals surface area contributed by atoms with Gasteiger partial charge in [0.05, 0.1) is 15.1 Å². The number of carbonyl (C=O) groups is 2. The number of rotatable bonds is 7. The number of hydrogen-bond acceptors (Lipinski definition) is 6. The SMILES string of the molecule is Cc1ccc2nc(NC(=O)[C@@H](Cc3ccccc3)NS(=O)(=O)c3ccc4c(c3)CCC(=O)N4)sc2c1. The molecule has 0 bridgehead atoms. The number of carbonyl (C=O) groups excluding carboxylic acids is 2. The Morgan fingerprint density at radius 2 is 1.89 bits per heavy atom. The van der Waals surface area contributed by atoms with Crippen molar-refractivity contribution < 1.29 is 18.0 Å². The summed E-state index contributed by atoms with van der Waals surface area (Å²) in [5, 5.41) is 5.95. The molecule has 0 fully saturated rings. The van der Waals surface area contributed by atoms with Gasteiger partial charge in [-0.15, -0.1) is 0 Å². The summed E-state index contributed by atoms with van der Waals surface area (Å²) in [7, 11) is -4.03. The summed E-state index contributed by atoms with van der Waals surface area (Å²) in [4.78, 5) is 29.5. The van der Waals surface area contributed by atoms with Crippen LogP contribution in [0.25, 0.3) is 10.2 Å². The molecule has 1 aromatic heterocycles. The third-order valence-electron chi connectivity index (χ3n) is 5.95. The topological polar surface area (TPSA) is 117 Å². The van der Waals surface area contributed by atoms with E-state index in [1.807, 2.05) is 55.5 Å². The molecule has 0 saturated carbocycles. The van der Waals surface area contributed by atoms with Crippen LogP contribution in [-0.4, -0.2) is 31.3 Å². The number of aromatic nitrogens is 1. The van der Waals surface area contributed by atoms with Gasteiger partial charge in [0.25, 0.3) is 0 Å². The Balaban J connectivity index is 1.41. The molecule has 2 heterocycles. The Morgan fingerprint density at radius 1 is 1.08 bits per heavy atom. The monoisotopic (exact) mass is 520 g/mol. The number of anilines is 2. The highest BCUT2D eigenvalue weighted by Gasteiger charge is 2.28. The van der Waals surface area contributed by atoms with Crippen molar-refractivity contribution in [1.82, 2.24) is 9.71 Å². The van der Waals surface area contributed by atoms with Crippen LogP contribution in [0.1, 0.15) is 23.1 Å². The van der Waals surface area contributed by atoms with Gasteiger partial charge in [-0.05, 0) is 66.8 Å². The number of nitrogens with zero attached hydrogens (tertiary/aromatic N) is 1. The second kappa shape index (κ2) is 9.81. The number of amides is 2. The average molecular weight is 521 g/mol. The molecule has 3 aromatic carbocycles. The van der Waals surface area contributed by atoms with Crippen molar-refractivity contribution in [2.45, 2.75) is 37.1 Å². The zero-order valence-electron chi connectivity index (χ0n) is 19.4. The minimum absolute atomic E-state index is 0.0405. The molecule has 1 atom stereocenters. The molecule has 36 heavy (non-hydrogen) atoms. The Hall–Kier alpha value is -3.60. The molecule has 8 nitrogen and oxygen atoms in total. The van der Waals surface area contributed by atoms with Crippen molar-refractivity contribution in [3.05, 3.63) is 83.4 Å². The lowest BCUT2D eigenvalue weighted by Crippen LogP contribution is -2.45. The predicted molar refractivity (Wildman–Crippen MR) is 141 cm³/mol. The molecule has 1 aliphatic rings. The summed E-state index contributed by atoms with van der Waals surface area (Å²) in [5.41, 5.74) is 4.01. The number of aryl methyl sites for hydroxylation is 2. The van der Waals surface area contributed by atoms with E-state index in [0.29, 0.717) is 23.7 Å². The molecule has 1 aliphatic heterocycles. The van der Waals surface area contributed by atoms with Crippen molar-refractivity contribution in [1.29, 1.82) is 0 Å². The predicted octanol–water partition coefficient (Wildman–Crippen LogP) is 4.02. The van der Waals surface area contributed by atoms with E-state index in [-0.39, 0.29) is 17.2 Å². The molecule has 184 valence electrons. The van der Waals surface area contributed by atoms with Crippen LogP contribution in [0.3, 0.4) is 0 Å². The van der Waals surface area contributed by atoms with E-state index in [9.17, 15) is 18.0 Å². The van der Waals surface area contributed by atoms with Gasteiger partial charge in [-0.3, -0.25) is 9.59 Å². The molecule has 0 unspecified atom stereocenters. The average Bonchev–Trinajstić information content (AvgIpc) is 3.25. The van der Waals surface area contributed by atoms with E-state index in [1.54, 1.807) is 12.1 Å². The van der Waals surface area contributed by atoms with Gasteiger partial charge in [0.15, 0.2) is 5.13 Å². The molecule has 0 radical (unpaired) electrons. The van der Waals surface area contributed by atoms with Gasteiger partial charge >= 0.3 is 0 Å². The Kier molecular flexibility index (Phi) is 6.57. The first-order valence-corrected chi connectivity index (χ1v) is 13.7. The number of benzene rings is 3. The lowest BCUT2D eigenvalue weighted by Gasteiger charge is -2.20. The Bertz CT molecular complexity index is 1570. The van der Waals surface area contributed by atoms with E-state index >= 15 is 0 Å². The fourth-order valence-corrected chi connectivity index (χ4v) is 6.31. The van der Waals surface area contributed by atoms with Gasteiger partial charge in [-0.25, -0.2) is 13.4 Å². The maximum Gasteiger partial charge on any atom is 0.244 e. The van der Waals surface area contributed by atoms with Crippen LogP contribution in [0, 0.1) is 6.92 Å². The molecule has 5 rings (SSSR count). The van der Waals surface area contributed by atoms with Gasteiger partial charge < -0.3 is 10.6 Å². The van der Waals surface area contributed by atoms with Crippen molar-refractivity contribution >= 4 is 54.2 Å². The van der Waals surface area contributed by atoms with E-state index in [0.717, 1.165) is 26.9 Å². The molecular formula is C26H24N4O4S2. The van der Waals surface area contributed by atoms with Gasteiger partial charge in [0, 0.05) is 12.1 Å². The number of hydrogen-bond donors (Lipinski definition) is 3. The largest absolute Gasteiger partial charge is 0.326 e. The minimum Gasteiger partial charge on any atom is -0.326 e. The van der Waals surface area contributed by atoms with E-state index in [1.165, 1.54) is 17.4 Å². The van der Waals surface area contributed by atoms with Crippen LogP contribution in [-0.2, 0) is 32.5 Å². The smallest absolute Gasteiger partial charge is 0.244 e. The third-order valence-corrected chi connectivity index (χ3v) is 8.36. The van der Waals surface area contributed by atoms with Crippen molar-refractivity contribution in [3.8, 4) is 0 Å². The van der Waals surface area contributed by atoms with E-state index in [4.69, 9.17) is 0 Å². The molecule has 3 N–H and O–H groups in total. The minimum atomic E-state index is -4.03. The van der Waals surface area contributed by atoms with Gasteiger partial charge in [-0.2, -0.15) is 4.72 Å². The number of thiazole rings is 1. The van der Waals surface area contributed by atoms with Gasteiger partial charge in [0.1, 0.15) is 6.04 Å². The third kappa shape index (κ3) is 5.30. The zero-order valence-corrected chi connectivity index (χ0v) is 21.1. The summed E-state index contributed by atoms with van der Waals surface area (Å²) in [5.74, 6) is -0.593. The fraction of sp³-hybridized carbons (Fsp3) is 0.192. The lowest BCUT2D eigenvalue weighted by atomic mass is 10.0. The van der Waals surface area contributed by atoms with Crippen molar-refractivity contribution in [2.75, 3.05) is 10.6 Å². The van der Waals surface area contributed by atoms with Gasteiger partial charge in [0.2, 0.25) is 21.8 Å². The summed E-state index contributed by atoms with van der Waals surface area (Å²) in [6.45, 7) is 1.98. The highest BCUT2D eigenvalue weighted by molar-refractivity contribution is 7.89. The normalized spacial score (nSPS) is 14.2. The lowest BCUT2D eigenvalue weighted by molar-refractivity contribution is -0.118. The van der Waals surface area contributed by atoms with Crippen molar-refractivity contribution in [2.24, 2.45) is 0 Å². The standard InChI is InChI=1S/C26H24N4O4S2/c1-16-7-10-21-23(13-16)35-26(28-21)29-25(32)22(14-17-5-3-2-4-6-17)30-36(33,34)19-9-11-20-18(15-19)8-12-24(31)27-20/h2-7,9-11,13,15,22,30H,8,12,14H2,1H3,(H,27,31)(H,28,29,32)/t22-/m1/s1. The van der Waals surface area contributed by atoms with Crippen molar-refractivity contribution in [3.63, 3.8) is 0 Å². The molecule has 2 amide bonds. The second-order valence-electron chi connectivity index (χ2n) is 8.71. The Labute approximate surface area is 212 Å². The first-order valence-electron chi connectivity index (χ1n) is 11.4. The number of sulfonamides is 1. The highest BCUT2D eigenvalue weighted by atomic mass is 32.2. The summed E-state index contributed by atoms with van der Waals surface area (Å²) in [6.07, 6.45) is 0.914. The zero-order chi connectivity index (χ0) is 25.3. The van der Waals surface area contributed by atoms with Crippen LogP contribution < -0.4 is 15.4 Å². The molecule has 0 aliphatic carbocycles. The molecule has 0 saturated heterocycles. The van der Waals surface area contributed by atoms with Gasteiger partial charge in [-0.1, -0.05) is 47.7 Å². The molecule has 0 spiro atoms. The quantitative estimate of drug-likeness (QED) is 0.340. The van der Waals surface area contributed by atoms with Crippen LogP contribution in [0.5, 0.6) is 0 Å². The summed E-state index contributed by atoms with van der Waals surface area (Å²) in [6, 6.07) is 18.5. The fourth-order valence-electron chi connectivity index (χ4n) is 4.10. The van der Waals surface area contributed by atoms with Crippen LogP contribution >= 0.6 is 11.3 Å². The summed E-state index contributed by atoms with van der Waals surface area (Å²) >= 11 is 1.34. The van der Waals surface area contributed by atoms with Crippen LogP contribution in [0.2, 0.25) is 0 Å². The first kappa shape index (κ1) is 24.1. The van der Waals surface area contributed by atoms with Crippen LogP contribution in [0.4, 0.5) is 10.8 Å². The van der Waals surface area contributed by atoms with E-state index < -0.39 is 22.0 Å². The molecular weight excluding hydrogens is 496 g/mol. The summed E-state index contributed by atoms with van der Waals surface area (Å²) < 4.78 is 30.2. The maximum absolute atomic E-state index is 13.3. The highest BCUT2D eigenvalue weighted by Crippen LogP contribution is 2.28. The molecule has 4 aromatic rings. The molecule has 10 heteroatoms. The Morgan fingerprint density at radius 3 is 2.69 bits per heavy atom. The van der Waals surface area contributed by atoms with Crippen LogP contribution in [0.15, 0.2) is 71.6 Å². The van der Waals surface area contributed by atoms with E-state index in [2.05, 4.69) is 20.3 Å². The first-order chi connectivity index (χ1) is 17.3. The second-order valence-corrected chi connectivity index (χ2v) is 11.5.